The molecule has 1 aromatic rings. The second kappa shape index (κ2) is 8.34. The van der Waals surface area contributed by atoms with Crippen molar-refractivity contribution in [3.8, 4) is 0 Å². The van der Waals surface area contributed by atoms with Crippen molar-refractivity contribution in [2.75, 3.05) is 6.54 Å². The van der Waals surface area contributed by atoms with Crippen molar-refractivity contribution in [2.45, 2.75) is 45.4 Å². The van der Waals surface area contributed by atoms with Gasteiger partial charge in [0.25, 0.3) is 5.91 Å². The molecule has 0 fully saturated rings. The zero-order valence-electron chi connectivity index (χ0n) is 11.3. The third kappa shape index (κ3) is 5.59. The zero-order chi connectivity index (χ0) is 14.1. The highest BCUT2D eigenvalue weighted by Crippen LogP contribution is 2.11. The molecule has 0 spiro atoms. The predicted molar refractivity (Wildman–Crippen MR) is 71.1 cm³/mol. The van der Waals surface area contributed by atoms with Crippen LogP contribution in [0.3, 0.4) is 0 Å². The molecule has 0 aliphatic heterocycles. The van der Waals surface area contributed by atoms with E-state index in [4.69, 9.17) is 9.52 Å². The van der Waals surface area contributed by atoms with Gasteiger partial charge < -0.3 is 14.8 Å². The van der Waals surface area contributed by atoms with Gasteiger partial charge in [0, 0.05) is 19.4 Å². The first-order valence-electron chi connectivity index (χ1n) is 6.71. The van der Waals surface area contributed by atoms with Crippen LogP contribution in [-0.2, 0) is 11.2 Å². The SMILES string of the molecule is CCc1occc1C(=O)NCCCCCCC(=O)O. The molecule has 19 heavy (non-hydrogen) atoms. The molecule has 5 nitrogen and oxygen atoms in total. The van der Waals surface area contributed by atoms with Crippen molar-refractivity contribution >= 4 is 11.9 Å². The third-order valence-electron chi connectivity index (χ3n) is 2.91. The molecule has 106 valence electrons. The molecule has 5 heteroatoms. The van der Waals surface area contributed by atoms with E-state index in [-0.39, 0.29) is 12.3 Å². The van der Waals surface area contributed by atoms with Crippen LogP contribution in [0.4, 0.5) is 0 Å². The Morgan fingerprint density at radius 1 is 1.26 bits per heavy atom. The van der Waals surface area contributed by atoms with Crippen molar-refractivity contribution < 1.29 is 19.1 Å². The van der Waals surface area contributed by atoms with Crippen molar-refractivity contribution in [1.29, 1.82) is 0 Å². The number of hydrogen-bond donors (Lipinski definition) is 2. The molecule has 2 N–H and O–H groups in total. The summed E-state index contributed by atoms with van der Waals surface area (Å²) in [5, 5.41) is 11.3. The molecular weight excluding hydrogens is 246 g/mol. The highest BCUT2D eigenvalue weighted by atomic mass is 16.4. The van der Waals surface area contributed by atoms with E-state index < -0.39 is 5.97 Å². The van der Waals surface area contributed by atoms with E-state index in [0.29, 0.717) is 30.7 Å². The van der Waals surface area contributed by atoms with Crippen LogP contribution in [-0.4, -0.2) is 23.5 Å². The topological polar surface area (TPSA) is 79.5 Å². The average Bonchev–Trinajstić information content (AvgIpc) is 2.85. The van der Waals surface area contributed by atoms with E-state index >= 15 is 0 Å². The van der Waals surface area contributed by atoms with Gasteiger partial charge in [-0.05, 0) is 18.9 Å². The van der Waals surface area contributed by atoms with Gasteiger partial charge in [0.05, 0.1) is 11.8 Å². The molecule has 0 saturated carbocycles. The van der Waals surface area contributed by atoms with E-state index in [0.717, 1.165) is 19.3 Å². The Morgan fingerprint density at radius 2 is 2.00 bits per heavy atom. The van der Waals surface area contributed by atoms with E-state index in [1.165, 1.54) is 6.26 Å². The molecule has 0 aliphatic rings. The number of carboxylic acid groups (broad SMARTS) is 1. The molecule has 1 rings (SSSR count). The first-order valence-corrected chi connectivity index (χ1v) is 6.71. The lowest BCUT2D eigenvalue weighted by Crippen LogP contribution is -2.24. The molecule has 0 aliphatic carbocycles. The Hall–Kier alpha value is -1.78. The Balaban J connectivity index is 2.13. The van der Waals surface area contributed by atoms with Crippen molar-refractivity contribution in [1.82, 2.24) is 5.32 Å². The van der Waals surface area contributed by atoms with Crippen LogP contribution in [0.15, 0.2) is 16.7 Å². The van der Waals surface area contributed by atoms with Gasteiger partial charge in [-0.25, -0.2) is 0 Å². The third-order valence-corrected chi connectivity index (χ3v) is 2.91. The molecule has 0 saturated heterocycles. The van der Waals surface area contributed by atoms with Gasteiger partial charge in [0.15, 0.2) is 0 Å². The molecule has 0 unspecified atom stereocenters. The van der Waals surface area contributed by atoms with E-state index in [1.807, 2.05) is 6.92 Å². The van der Waals surface area contributed by atoms with Crippen LogP contribution in [0.2, 0.25) is 0 Å². The van der Waals surface area contributed by atoms with Crippen LogP contribution >= 0.6 is 0 Å². The summed E-state index contributed by atoms with van der Waals surface area (Å²) in [7, 11) is 0. The standard InChI is InChI=1S/C14H21NO4/c1-2-12-11(8-10-19-12)14(18)15-9-6-4-3-5-7-13(16)17/h8,10H,2-7,9H2,1H3,(H,15,18)(H,16,17). The van der Waals surface area contributed by atoms with Gasteiger partial charge in [-0.3, -0.25) is 9.59 Å². The molecule has 1 heterocycles. The van der Waals surface area contributed by atoms with Gasteiger partial charge in [-0.15, -0.1) is 0 Å². The van der Waals surface area contributed by atoms with Gasteiger partial charge in [0.1, 0.15) is 5.76 Å². The Bertz CT molecular complexity index is 411. The first-order chi connectivity index (χ1) is 9.15. The summed E-state index contributed by atoms with van der Waals surface area (Å²) in [5.41, 5.74) is 0.605. The minimum atomic E-state index is -0.750. The highest BCUT2D eigenvalue weighted by molar-refractivity contribution is 5.95. The maximum Gasteiger partial charge on any atom is 0.303 e. The number of rotatable bonds is 9. The number of carboxylic acids is 1. The lowest BCUT2D eigenvalue weighted by atomic mass is 10.1. The molecule has 0 radical (unpaired) electrons. The number of unbranched alkanes of at least 4 members (excludes halogenated alkanes) is 3. The number of aliphatic carboxylic acids is 1. The number of carbonyl (C=O) groups excluding carboxylic acids is 1. The highest BCUT2D eigenvalue weighted by Gasteiger charge is 2.12. The zero-order valence-corrected chi connectivity index (χ0v) is 11.3. The summed E-state index contributed by atoms with van der Waals surface area (Å²) in [6.45, 7) is 2.55. The monoisotopic (exact) mass is 267 g/mol. The lowest BCUT2D eigenvalue weighted by Gasteiger charge is -2.04. The van der Waals surface area contributed by atoms with Gasteiger partial charge in [-0.1, -0.05) is 19.8 Å². The van der Waals surface area contributed by atoms with Crippen molar-refractivity contribution in [2.24, 2.45) is 0 Å². The fraction of sp³-hybridized carbons (Fsp3) is 0.571. The quantitative estimate of drug-likeness (QED) is 0.674. The molecule has 0 atom stereocenters. The van der Waals surface area contributed by atoms with Crippen LogP contribution in [0.25, 0.3) is 0 Å². The normalized spacial score (nSPS) is 10.4. The molecule has 0 aromatic carbocycles. The maximum absolute atomic E-state index is 11.8. The van der Waals surface area contributed by atoms with Crippen molar-refractivity contribution in [3.63, 3.8) is 0 Å². The number of aryl methyl sites for hydroxylation is 1. The van der Waals surface area contributed by atoms with E-state index in [9.17, 15) is 9.59 Å². The van der Waals surface area contributed by atoms with Crippen LogP contribution in [0.5, 0.6) is 0 Å². The van der Waals surface area contributed by atoms with Crippen LogP contribution < -0.4 is 5.32 Å². The van der Waals surface area contributed by atoms with E-state index in [1.54, 1.807) is 6.07 Å². The minimum Gasteiger partial charge on any atom is -0.481 e. The summed E-state index contributed by atoms with van der Waals surface area (Å²) in [6, 6.07) is 1.68. The summed E-state index contributed by atoms with van der Waals surface area (Å²) in [4.78, 5) is 22.1. The molecule has 1 aromatic heterocycles. The number of furan rings is 1. The second-order valence-electron chi connectivity index (χ2n) is 4.42. The summed E-state index contributed by atoms with van der Waals surface area (Å²) >= 11 is 0. The van der Waals surface area contributed by atoms with E-state index in [2.05, 4.69) is 5.32 Å². The van der Waals surface area contributed by atoms with Gasteiger partial charge in [-0.2, -0.15) is 0 Å². The predicted octanol–water partition coefficient (Wildman–Crippen LogP) is 2.61. The number of amides is 1. The number of hydrogen-bond acceptors (Lipinski definition) is 3. The number of nitrogens with one attached hydrogen (secondary N) is 1. The Labute approximate surface area is 113 Å². The number of carbonyl (C=O) groups is 2. The summed E-state index contributed by atoms with van der Waals surface area (Å²) in [5.74, 6) is -0.143. The average molecular weight is 267 g/mol. The Kier molecular flexibility index (Phi) is 6.71. The first kappa shape index (κ1) is 15.3. The van der Waals surface area contributed by atoms with Crippen LogP contribution in [0, 0.1) is 0 Å². The smallest absolute Gasteiger partial charge is 0.303 e. The molecule has 0 bridgehead atoms. The van der Waals surface area contributed by atoms with Gasteiger partial charge in [0.2, 0.25) is 0 Å². The minimum absolute atomic E-state index is 0.101. The Morgan fingerprint density at radius 3 is 2.68 bits per heavy atom. The summed E-state index contributed by atoms with van der Waals surface area (Å²) < 4.78 is 5.20. The molecular formula is C14H21NO4. The second-order valence-corrected chi connectivity index (χ2v) is 4.42. The van der Waals surface area contributed by atoms with Crippen molar-refractivity contribution in [3.05, 3.63) is 23.7 Å². The lowest BCUT2D eigenvalue weighted by molar-refractivity contribution is -0.137. The fourth-order valence-corrected chi connectivity index (χ4v) is 1.87. The summed E-state index contributed by atoms with van der Waals surface area (Å²) in [6.07, 6.45) is 5.83. The molecule has 1 amide bonds. The largest absolute Gasteiger partial charge is 0.481 e. The fourth-order valence-electron chi connectivity index (χ4n) is 1.87. The van der Waals surface area contributed by atoms with Crippen LogP contribution in [0.1, 0.15) is 55.1 Å². The maximum atomic E-state index is 11.8. The van der Waals surface area contributed by atoms with Gasteiger partial charge >= 0.3 is 5.97 Å².